The fourth-order valence-corrected chi connectivity index (χ4v) is 1.26. The average Bonchev–Trinajstić information content (AvgIpc) is 2.00. The highest BCUT2D eigenvalue weighted by atomic mass is 35.5. The van der Waals surface area contributed by atoms with Crippen LogP contribution in [0.1, 0.15) is 6.92 Å². The zero-order valence-corrected chi connectivity index (χ0v) is 8.31. The molecule has 68 valence electrons. The Bertz CT molecular complexity index is 110. The molecule has 0 radical (unpaired) electrons. The molecule has 0 aliphatic heterocycles. The monoisotopic (exact) mass is 220 g/mol. The Morgan fingerprint density at radius 2 is 1.64 bits per heavy atom. The molecule has 0 aromatic rings. The number of rotatable bonds is 4. The Balaban J connectivity index is 3.90. The second kappa shape index (κ2) is 5.44. The zero-order chi connectivity index (χ0) is 9.02. The summed E-state index contributed by atoms with van der Waals surface area (Å²) in [6.45, 7) is 1.28. The van der Waals surface area contributed by atoms with Crippen molar-refractivity contribution in [1.29, 1.82) is 0 Å². The summed E-state index contributed by atoms with van der Waals surface area (Å²) in [4.78, 5) is 0. The van der Waals surface area contributed by atoms with Crippen molar-refractivity contribution < 1.29 is 10.2 Å². The fraction of sp³-hybridized carbons (Fsp3) is 1.00. The van der Waals surface area contributed by atoms with E-state index in [4.69, 9.17) is 45.0 Å². The van der Waals surface area contributed by atoms with Crippen LogP contribution in [-0.4, -0.2) is 39.1 Å². The number of hydrogen-bond acceptors (Lipinski definition) is 2. The van der Waals surface area contributed by atoms with E-state index < -0.39 is 23.5 Å². The third kappa shape index (κ3) is 3.81. The third-order valence-electron chi connectivity index (χ3n) is 1.30. The summed E-state index contributed by atoms with van der Waals surface area (Å²) in [6.07, 6.45) is -1.01. The first-order chi connectivity index (χ1) is 5.00. The highest BCUT2D eigenvalue weighted by Gasteiger charge is 2.27. The van der Waals surface area contributed by atoms with Crippen molar-refractivity contribution in [1.82, 2.24) is 0 Å². The maximum atomic E-state index is 9.02. The summed E-state index contributed by atoms with van der Waals surface area (Å²) in [6, 6.07) is 0. The van der Waals surface area contributed by atoms with Crippen molar-refractivity contribution >= 4 is 34.8 Å². The van der Waals surface area contributed by atoms with Gasteiger partial charge in [0.15, 0.2) is 0 Å². The second-order valence-electron chi connectivity index (χ2n) is 2.32. The molecule has 0 aromatic carbocycles. The van der Waals surface area contributed by atoms with Crippen LogP contribution in [0.25, 0.3) is 0 Å². The van der Waals surface area contributed by atoms with Crippen molar-refractivity contribution in [3.05, 3.63) is 0 Å². The van der Waals surface area contributed by atoms with Gasteiger partial charge in [0.05, 0.1) is 23.5 Å². The molecule has 0 fully saturated rings. The Labute approximate surface area is 81.1 Å². The van der Waals surface area contributed by atoms with Gasteiger partial charge >= 0.3 is 0 Å². The predicted molar refractivity (Wildman–Crippen MR) is 47.7 cm³/mol. The first-order valence-electron chi connectivity index (χ1n) is 3.21. The minimum atomic E-state index is -1.01. The smallest absolute Gasteiger partial charge is 0.0949 e. The minimum absolute atomic E-state index is 0.333. The molecule has 4 atom stereocenters. The molecule has 0 amide bonds. The molecule has 0 saturated heterocycles. The lowest BCUT2D eigenvalue weighted by Gasteiger charge is -2.21. The van der Waals surface area contributed by atoms with Gasteiger partial charge in [-0.3, -0.25) is 0 Å². The van der Waals surface area contributed by atoms with Crippen molar-refractivity contribution in [3.8, 4) is 0 Å². The highest BCUT2D eigenvalue weighted by Crippen LogP contribution is 2.20. The number of alkyl halides is 3. The summed E-state index contributed by atoms with van der Waals surface area (Å²) in [5.41, 5.74) is 0. The van der Waals surface area contributed by atoms with Gasteiger partial charge in [0.1, 0.15) is 0 Å². The molecule has 0 heterocycles. The Hall–Kier alpha value is 0.790. The summed E-state index contributed by atoms with van der Waals surface area (Å²) >= 11 is 17.0. The largest absolute Gasteiger partial charge is 0.394 e. The van der Waals surface area contributed by atoms with E-state index >= 15 is 0 Å². The minimum Gasteiger partial charge on any atom is -0.394 e. The van der Waals surface area contributed by atoms with Crippen LogP contribution in [0.4, 0.5) is 0 Å². The zero-order valence-electron chi connectivity index (χ0n) is 6.04. The molecule has 0 aromatic heterocycles. The third-order valence-corrected chi connectivity index (χ3v) is 3.04. The van der Waals surface area contributed by atoms with Gasteiger partial charge in [0.2, 0.25) is 0 Å². The van der Waals surface area contributed by atoms with Crippen molar-refractivity contribution in [2.45, 2.75) is 29.2 Å². The second-order valence-corrected chi connectivity index (χ2v) is 4.01. The molecule has 0 bridgehead atoms. The molecule has 0 aliphatic rings. The lowest BCUT2D eigenvalue weighted by Crippen LogP contribution is -2.36. The van der Waals surface area contributed by atoms with E-state index in [1.165, 1.54) is 0 Å². The molecule has 2 N–H and O–H groups in total. The molecule has 0 unspecified atom stereocenters. The Morgan fingerprint density at radius 1 is 1.18 bits per heavy atom. The van der Waals surface area contributed by atoms with E-state index in [9.17, 15) is 0 Å². The summed E-state index contributed by atoms with van der Waals surface area (Å²) in [7, 11) is 0. The Morgan fingerprint density at radius 3 is 1.91 bits per heavy atom. The van der Waals surface area contributed by atoms with Crippen LogP contribution in [0.5, 0.6) is 0 Å². The number of hydrogen-bond donors (Lipinski definition) is 2. The van der Waals surface area contributed by atoms with Crippen molar-refractivity contribution in [3.63, 3.8) is 0 Å². The van der Waals surface area contributed by atoms with Gasteiger partial charge in [-0.2, -0.15) is 0 Å². The molecular formula is C6H11Cl3O2. The van der Waals surface area contributed by atoms with Crippen LogP contribution in [0.3, 0.4) is 0 Å². The van der Waals surface area contributed by atoms with Gasteiger partial charge in [-0.25, -0.2) is 0 Å². The SMILES string of the molecule is C[C@@H](Cl)[C@H](Cl)[C@@H](Cl)[C@@H](O)CO. The number of aliphatic hydroxyl groups excluding tert-OH is 2. The van der Waals surface area contributed by atoms with Gasteiger partial charge in [-0.15, -0.1) is 34.8 Å². The molecule has 2 nitrogen and oxygen atoms in total. The van der Waals surface area contributed by atoms with E-state index in [1.54, 1.807) is 6.92 Å². The van der Waals surface area contributed by atoms with Crippen LogP contribution in [0, 0.1) is 0 Å². The summed E-state index contributed by atoms with van der Waals surface area (Å²) in [5, 5.41) is 15.9. The first-order valence-corrected chi connectivity index (χ1v) is 4.52. The van der Waals surface area contributed by atoms with E-state index in [1.807, 2.05) is 0 Å². The molecule has 0 spiro atoms. The first kappa shape index (κ1) is 11.8. The maximum absolute atomic E-state index is 9.02. The summed E-state index contributed by atoms with van der Waals surface area (Å²) < 4.78 is 0. The maximum Gasteiger partial charge on any atom is 0.0949 e. The van der Waals surface area contributed by atoms with Gasteiger partial charge < -0.3 is 10.2 Å². The van der Waals surface area contributed by atoms with E-state index in [-0.39, 0.29) is 5.38 Å². The topological polar surface area (TPSA) is 40.5 Å². The van der Waals surface area contributed by atoms with Crippen LogP contribution < -0.4 is 0 Å². The van der Waals surface area contributed by atoms with Crippen molar-refractivity contribution in [2.75, 3.05) is 6.61 Å². The Kier molecular flexibility index (Phi) is 5.83. The van der Waals surface area contributed by atoms with Gasteiger partial charge in [-0.05, 0) is 6.92 Å². The molecule has 0 aliphatic carbocycles. The lowest BCUT2D eigenvalue weighted by molar-refractivity contribution is 0.0904. The average molecular weight is 222 g/mol. The quantitative estimate of drug-likeness (QED) is 0.700. The van der Waals surface area contributed by atoms with E-state index in [2.05, 4.69) is 0 Å². The van der Waals surface area contributed by atoms with Crippen molar-refractivity contribution in [2.24, 2.45) is 0 Å². The normalized spacial score (nSPS) is 22.4. The van der Waals surface area contributed by atoms with Gasteiger partial charge in [0, 0.05) is 5.38 Å². The molecule has 5 heteroatoms. The van der Waals surface area contributed by atoms with Gasteiger partial charge in [-0.1, -0.05) is 0 Å². The van der Waals surface area contributed by atoms with E-state index in [0.717, 1.165) is 0 Å². The van der Waals surface area contributed by atoms with Crippen LogP contribution in [-0.2, 0) is 0 Å². The van der Waals surface area contributed by atoms with Crippen LogP contribution in [0.15, 0.2) is 0 Å². The molecule has 11 heavy (non-hydrogen) atoms. The fourth-order valence-electron chi connectivity index (χ4n) is 0.566. The number of aliphatic hydroxyl groups is 2. The van der Waals surface area contributed by atoms with Crippen LogP contribution in [0.2, 0.25) is 0 Å². The van der Waals surface area contributed by atoms with Crippen LogP contribution >= 0.6 is 34.8 Å². The molecule has 0 rings (SSSR count). The lowest BCUT2D eigenvalue weighted by atomic mass is 10.1. The number of halogens is 3. The standard InChI is InChI=1S/C6H11Cl3O2/c1-3(7)5(8)6(9)4(11)2-10/h3-6,10-11H,2H2,1H3/t3-,4+,5+,6+/m1/s1. The predicted octanol–water partition coefficient (Wildman–Crippen LogP) is 1.18. The van der Waals surface area contributed by atoms with Gasteiger partial charge in [0.25, 0.3) is 0 Å². The van der Waals surface area contributed by atoms with E-state index in [0.29, 0.717) is 0 Å². The molecular weight excluding hydrogens is 210 g/mol. The molecule has 0 saturated carbocycles. The highest BCUT2D eigenvalue weighted by molar-refractivity contribution is 6.35. The summed E-state index contributed by atoms with van der Waals surface area (Å²) in [5.74, 6) is 0.